The summed E-state index contributed by atoms with van der Waals surface area (Å²) in [6, 6.07) is 12.3. The summed E-state index contributed by atoms with van der Waals surface area (Å²) in [5, 5.41) is 13.8. The zero-order valence-corrected chi connectivity index (χ0v) is 14.7. The highest BCUT2D eigenvalue weighted by atomic mass is 16.5. The van der Waals surface area contributed by atoms with Gasteiger partial charge in [-0.2, -0.15) is 0 Å². The smallest absolute Gasteiger partial charge is 0.262 e. The number of aromatic carboxylic acids is 1. The summed E-state index contributed by atoms with van der Waals surface area (Å²) in [4.78, 5) is 23.3. The molecule has 0 saturated carbocycles. The zero-order chi connectivity index (χ0) is 18.4. The van der Waals surface area contributed by atoms with Crippen LogP contribution in [-0.2, 0) is 4.79 Å². The number of hydrogen-bond donors (Lipinski definition) is 1. The monoisotopic (exact) mass is 340 g/mol. The molecule has 0 fully saturated rings. The molecule has 0 aliphatic rings. The van der Waals surface area contributed by atoms with Crippen LogP contribution in [-0.4, -0.2) is 18.5 Å². The van der Waals surface area contributed by atoms with Crippen LogP contribution in [0.25, 0.3) is 0 Å². The summed E-state index contributed by atoms with van der Waals surface area (Å²) in [5.41, 5.74) is 1.97. The molecule has 1 atom stereocenters. The molecule has 2 aromatic carbocycles. The number of rotatable bonds is 7. The fourth-order valence-corrected chi connectivity index (χ4v) is 2.50. The first kappa shape index (κ1) is 18.5. The van der Waals surface area contributed by atoms with Crippen LogP contribution in [0, 0.1) is 6.92 Å². The summed E-state index contributed by atoms with van der Waals surface area (Å²) in [7, 11) is 0. The lowest BCUT2D eigenvalue weighted by molar-refractivity contribution is -0.254. The van der Waals surface area contributed by atoms with Crippen LogP contribution in [0.5, 0.6) is 5.75 Å². The van der Waals surface area contributed by atoms with Crippen molar-refractivity contribution in [1.82, 2.24) is 0 Å². The highest BCUT2D eigenvalue weighted by Crippen LogP contribution is 2.28. The van der Waals surface area contributed by atoms with Gasteiger partial charge in [-0.3, -0.25) is 4.79 Å². The molecule has 0 unspecified atom stereocenters. The molecule has 25 heavy (non-hydrogen) atoms. The number of benzene rings is 2. The van der Waals surface area contributed by atoms with Gasteiger partial charge >= 0.3 is 0 Å². The Hall–Kier alpha value is -2.82. The topological polar surface area (TPSA) is 78.5 Å². The number of carbonyl (C=O) groups excluding carboxylic acids is 2. The standard InChI is InChI=1S/C20H23NO4/c1-4-14(3)15-7-5-6-8-18(15)25-12-19(22)21-17-10-9-13(2)11-16(17)20(23)24/h5-11,14H,4,12H2,1-3H3,(H,21,22)(H,23,24)/p-1/t14-/m0/s1. The average Bonchev–Trinajstić information content (AvgIpc) is 2.61. The van der Waals surface area contributed by atoms with Gasteiger partial charge in [0.05, 0.1) is 5.97 Å². The number of aryl methyl sites for hydroxylation is 1. The maximum atomic E-state index is 12.1. The Bertz CT molecular complexity index is 770. The number of carboxylic acids is 1. The fourth-order valence-electron chi connectivity index (χ4n) is 2.50. The molecule has 5 nitrogen and oxygen atoms in total. The second kappa shape index (κ2) is 8.33. The Kier molecular flexibility index (Phi) is 6.17. The van der Waals surface area contributed by atoms with Gasteiger partial charge in [-0.25, -0.2) is 0 Å². The third kappa shape index (κ3) is 4.83. The summed E-state index contributed by atoms with van der Waals surface area (Å²) < 4.78 is 5.64. The van der Waals surface area contributed by atoms with Crippen molar-refractivity contribution in [3.05, 3.63) is 59.2 Å². The minimum absolute atomic E-state index is 0.0478. The van der Waals surface area contributed by atoms with Crippen LogP contribution in [0.2, 0.25) is 0 Å². The largest absolute Gasteiger partial charge is 0.545 e. The van der Waals surface area contributed by atoms with E-state index in [0.29, 0.717) is 11.7 Å². The van der Waals surface area contributed by atoms with Crippen LogP contribution >= 0.6 is 0 Å². The van der Waals surface area contributed by atoms with Crippen molar-refractivity contribution in [3.63, 3.8) is 0 Å². The molecule has 0 aliphatic heterocycles. The van der Waals surface area contributed by atoms with Crippen molar-refractivity contribution in [2.75, 3.05) is 11.9 Å². The highest BCUT2D eigenvalue weighted by molar-refractivity contribution is 6.00. The Morgan fingerprint density at radius 2 is 1.92 bits per heavy atom. The van der Waals surface area contributed by atoms with E-state index in [0.717, 1.165) is 17.5 Å². The number of para-hydroxylation sites is 1. The summed E-state index contributed by atoms with van der Waals surface area (Å²) in [5.74, 6) is -0.774. The lowest BCUT2D eigenvalue weighted by Gasteiger charge is -2.16. The number of carboxylic acid groups (broad SMARTS) is 1. The van der Waals surface area contributed by atoms with Crippen LogP contribution in [0.3, 0.4) is 0 Å². The number of anilines is 1. The molecule has 0 bridgehead atoms. The molecule has 0 saturated heterocycles. The lowest BCUT2D eigenvalue weighted by Crippen LogP contribution is -2.26. The summed E-state index contributed by atoms with van der Waals surface area (Å²) in [6.07, 6.45) is 0.963. The van der Waals surface area contributed by atoms with Crippen LogP contribution in [0.4, 0.5) is 5.69 Å². The number of ether oxygens (including phenoxy) is 1. The molecule has 132 valence electrons. The second-order valence-electron chi connectivity index (χ2n) is 6.02. The molecular formula is C20H22NO4-. The van der Waals surface area contributed by atoms with Gasteiger partial charge in [0.25, 0.3) is 5.91 Å². The SMILES string of the molecule is CC[C@H](C)c1ccccc1OCC(=O)Nc1ccc(C)cc1C(=O)[O-]. The molecule has 1 amide bonds. The van der Waals surface area contributed by atoms with Crippen molar-refractivity contribution >= 4 is 17.6 Å². The first-order valence-electron chi connectivity index (χ1n) is 8.26. The Balaban J connectivity index is 2.07. The number of nitrogens with one attached hydrogen (secondary N) is 1. The van der Waals surface area contributed by atoms with Crippen molar-refractivity contribution in [2.45, 2.75) is 33.1 Å². The third-order valence-electron chi connectivity index (χ3n) is 4.09. The lowest BCUT2D eigenvalue weighted by atomic mass is 9.98. The van der Waals surface area contributed by atoms with Gasteiger partial charge in [-0.15, -0.1) is 0 Å². The average molecular weight is 340 g/mol. The molecular weight excluding hydrogens is 318 g/mol. The Morgan fingerprint density at radius 3 is 2.60 bits per heavy atom. The van der Waals surface area contributed by atoms with Gasteiger partial charge in [-0.05, 0) is 43.0 Å². The van der Waals surface area contributed by atoms with Crippen LogP contribution in [0.15, 0.2) is 42.5 Å². The van der Waals surface area contributed by atoms with Gasteiger partial charge in [0.1, 0.15) is 5.75 Å². The molecule has 2 aromatic rings. The number of hydrogen-bond acceptors (Lipinski definition) is 4. The Labute approximate surface area is 147 Å². The van der Waals surface area contributed by atoms with E-state index in [4.69, 9.17) is 4.74 Å². The fraction of sp³-hybridized carbons (Fsp3) is 0.300. The van der Waals surface area contributed by atoms with Gasteiger partial charge in [0.2, 0.25) is 0 Å². The van der Waals surface area contributed by atoms with E-state index in [1.165, 1.54) is 6.07 Å². The van der Waals surface area contributed by atoms with Crippen LogP contribution in [0.1, 0.15) is 47.7 Å². The van der Waals surface area contributed by atoms with E-state index < -0.39 is 11.9 Å². The molecule has 0 heterocycles. The molecule has 0 radical (unpaired) electrons. The predicted molar refractivity (Wildman–Crippen MR) is 94.8 cm³/mol. The zero-order valence-electron chi connectivity index (χ0n) is 14.7. The van der Waals surface area contributed by atoms with E-state index in [-0.39, 0.29) is 17.9 Å². The minimum atomic E-state index is -1.33. The van der Waals surface area contributed by atoms with E-state index in [1.807, 2.05) is 24.3 Å². The molecule has 0 aliphatic carbocycles. The van der Waals surface area contributed by atoms with Crippen molar-refractivity contribution in [3.8, 4) is 5.75 Å². The third-order valence-corrected chi connectivity index (χ3v) is 4.09. The number of amides is 1. The normalized spacial score (nSPS) is 11.6. The van der Waals surface area contributed by atoms with Gasteiger partial charge in [0.15, 0.2) is 6.61 Å². The van der Waals surface area contributed by atoms with E-state index in [9.17, 15) is 14.7 Å². The predicted octanol–water partition coefficient (Wildman–Crippen LogP) is 2.89. The number of carbonyl (C=O) groups is 2. The van der Waals surface area contributed by atoms with Gasteiger partial charge in [-0.1, -0.05) is 43.7 Å². The first-order chi connectivity index (χ1) is 11.9. The summed E-state index contributed by atoms with van der Waals surface area (Å²) >= 11 is 0. The van der Waals surface area contributed by atoms with Gasteiger partial charge < -0.3 is 20.0 Å². The summed E-state index contributed by atoms with van der Waals surface area (Å²) in [6.45, 7) is 5.76. The molecule has 0 aromatic heterocycles. The van der Waals surface area contributed by atoms with E-state index in [1.54, 1.807) is 19.1 Å². The first-order valence-corrected chi connectivity index (χ1v) is 8.26. The van der Waals surface area contributed by atoms with Crippen molar-refractivity contribution in [2.24, 2.45) is 0 Å². The van der Waals surface area contributed by atoms with E-state index >= 15 is 0 Å². The minimum Gasteiger partial charge on any atom is -0.545 e. The Morgan fingerprint density at radius 1 is 1.20 bits per heavy atom. The maximum absolute atomic E-state index is 12.1. The molecule has 2 rings (SSSR count). The van der Waals surface area contributed by atoms with Crippen LogP contribution < -0.4 is 15.2 Å². The van der Waals surface area contributed by atoms with Gasteiger partial charge in [0, 0.05) is 11.3 Å². The second-order valence-corrected chi connectivity index (χ2v) is 6.02. The maximum Gasteiger partial charge on any atom is 0.262 e. The molecule has 0 spiro atoms. The molecule has 1 N–H and O–H groups in total. The van der Waals surface area contributed by atoms with Crippen molar-refractivity contribution < 1.29 is 19.4 Å². The van der Waals surface area contributed by atoms with E-state index in [2.05, 4.69) is 19.2 Å². The highest BCUT2D eigenvalue weighted by Gasteiger charge is 2.12. The van der Waals surface area contributed by atoms with Crippen molar-refractivity contribution in [1.29, 1.82) is 0 Å². The quantitative estimate of drug-likeness (QED) is 0.840. The molecule has 5 heteroatoms.